The molecule has 0 aliphatic rings. The van der Waals surface area contributed by atoms with E-state index in [-0.39, 0.29) is 6.04 Å². The number of ether oxygens (including phenoxy) is 1. The van der Waals surface area contributed by atoms with Crippen molar-refractivity contribution in [2.24, 2.45) is 5.84 Å². The van der Waals surface area contributed by atoms with Gasteiger partial charge in [0.2, 0.25) is 0 Å². The first-order valence-corrected chi connectivity index (χ1v) is 6.35. The number of nitrogens with one attached hydrogen (secondary N) is 1. The van der Waals surface area contributed by atoms with Crippen molar-refractivity contribution in [1.29, 1.82) is 0 Å². The molecular formula is C15H19N3O. The second-order valence-corrected chi connectivity index (χ2v) is 4.46. The summed E-state index contributed by atoms with van der Waals surface area (Å²) < 4.78 is 5.72. The van der Waals surface area contributed by atoms with Crippen LogP contribution in [-0.2, 0) is 0 Å². The van der Waals surface area contributed by atoms with Crippen LogP contribution >= 0.6 is 0 Å². The fraction of sp³-hybridized carbons (Fsp3) is 0.267. The molecule has 2 rings (SSSR count). The number of hydrazine groups is 1. The summed E-state index contributed by atoms with van der Waals surface area (Å²) in [5, 5.41) is 0. The topological polar surface area (TPSA) is 60.2 Å². The van der Waals surface area contributed by atoms with Gasteiger partial charge in [-0.3, -0.25) is 16.3 Å². The molecule has 19 heavy (non-hydrogen) atoms. The third-order valence-electron chi connectivity index (χ3n) is 2.95. The summed E-state index contributed by atoms with van der Waals surface area (Å²) in [6, 6.07) is 12.0. The van der Waals surface area contributed by atoms with E-state index in [9.17, 15) is 0 Å². The average Bonchev–Trinajstić information content (AvgIpc) is 2.45. The van der Waals surface area contributed by atoms with Crippen LogP contribution in [0.1, 0.15) is 23.6 Å². The minimum absolute atomic E-state index is 0.0542. The van der Waals surface area contributed by atoms with Crippen LogP contribution in [-0.4, -0.2) is 11.6 Å². The summed E-state index contributed by atoms with van der Waals surface area (Å²) >= 11 is 0. The van der Waals surface area contributed by atoms with E-state index in [1.54, 1.807) is 6.20 Å². The van der Waals surface area contributed by atoms with Crippen molar-refractivity contribution in [3.63, 3.8) is 0 Å². The quantitative estimate of drug-likeness (QED) is 0.616. The van der Waals surface area contributed by atoms with E-state index in [4.69, 9.17) is 10.6 Å². The minimum atomic E-state index is 0.0542. The highest BCUT2D eigenvalue weighted by Crippen LogP contribution is 2.17. The first-order chi connectivity index (χ1) is 9.29. The molecule has 2 aromatic rings. The van der Waals surface area contributed by atoms with E-state index >= 15 is 0 Å². The summed E-state index contributed by atoms with van der Waals surface area (Å²) in [5.74, 6) is 6.47. The molecule has 1 aromatic carbocycles. The van der Waals surface area contributed by atoms with Gasteiger partial charge in [0.1, 0.15) is 5.75 Å². The van der Waals surface area contributed by atoms with E-state index < -0.39 is 0 Å². The van der Waals surface area contributed by atoms with Crippen molar-refractivity contribution in [3.8, 4) is 5.75 Å². The lowest BCUT2D eigenvalue weighted by Crippen LogP contribution is -2.29. The molecule has 0 aliphatic heterocycles. The van der Waals surface area contributed by atoms with Gasteiger partial charge in [-0.15, -0.1) is 0 Å². The van der Waals surface area contributed by atoms with Crippen LogP contribution in [0.5, 0.6) is 5.75 Å². The van der Waals surface area contributed by atoms with Gasteiger partial charge in [0.15, 0.2) is 0 Å². The molecule has 0 bridgehead atoms. The van der Waals surface area contributed by atoms with Crippen LogP contribution in [0, 0.1) is 6.92 Å². The van der Waals surface area contributed by atoms with Crippen molar-refractivity contribution in [1.82, 2.24) is 10.4 Å². The van der Waals surface area contributed by atoms with Gasteiger partial charge >= 0.3 is 0 Å². The number of benzene rings is 1. The summed E-state index contributed by atoms with van der Waals surface area (Å²) in [6.45, 7) is 2.65. The predicted octanol–water partition coefficient (Wildman–Crippen LogP) is 2.36. The Balaban J connectivity index is 1.87. The van der Waals surface area contributed by atoms with Gasteiger partial charge in [-0.25, -0.2) is 0 Å². The summed E-state index contributed by atoms with van der Waals surface area (Å²) in [5.41, 5.74) is 5.06. The lowest BCUT2D eigenvalue weighted by Gasteiger charge is -2.16. The Bertz CT molecular complexity index is 502. The zero-order valence-corrected chi connectivity index (χ0v) is 11.0. The zero-order valence-electron chi connectivity index (χ0n) is 11.0. The van der Waals surface area contributed by atoms with Crippen molar-refractivity contribution >= 4 is 0 Å². The highest BCUT2D eigenvalue weighted by Gasteiger charge is 2.09. The van der Waals surface area contributed by atoms with Crippen LogP contribution in [0.15, 0.2) is 48.8 Å². The first kappa shape index (κ1) is 13.5. The number of aromatic nitrogens is 1. The lowest BCUT2D eigenvalue weighted by atomic mass is 10.1. The van der Waals surface area contributed by atoms with Crippen molar-refractivity contribution < 1.29 is 4.74 Å². The highest BCUT2D eigenvalue weighted by molar-refractivity contribution is 5.27. The highest BCUT2D eigenvalue weighted by atomic mass is 16.5. The maximum absolute atomic E-state index is 5.72. The van der Waals surface area contributed by atoms with Gasteiger partial charge < -0.3 is 4.74 Å². The second-order valence-electron chi connectivity index (χ2n) is 4.46. The Kier molecular flexibility index (Phi) is 4.89. The molecule has 1 aromatic heterocycles. The van der Waals surface area contributed by atoms with Gasteiger partial charge in [0.25, 0.3) is 0 Å². The largest absolute Gasteiger partial charge is 0.494 e. The fourth-order valence-corrected chi connectivity index (χ4v) is 1.93. The number of rotatable bonds is 6. The molecule has 0 radical (unpaired) electrons. The summed E-state index contributed by atoms with van der Waals surface area (Å²) in [4.78, 5) is 4.09. The number of pyridine rings is 1. The number of aryl methyl sites for hydroxylation is 1. The van der Waals surface area contributed by atoms with E-state index in [2.05, 4.69) is 10.4 Å². The maximum Gasteiger partial charge on any atom is 0.119 e. The van der Waals surface area contributed by atoms with Crippen LogP contribution in [0.4, 0.5) is 0 Å². The Morgan fingerprint density at radius 2 is 2.21 bits per heavy atom. The van der Waals surface area contributed by atoms with Crippen molar-refractivity contribution in [2.45, 2.75) is 19.4 Å². The summed E-state index contributed by atoms with van der Waals surface area (Å²) in [6.07, 6.45) is 4.35. The Hall–Kier alpha value is -1.91. The fourth-order valence-electron chi connectivity index (χ4n) is 1.93. The molecule has 0 spiro atoms. The van der Waals surface area contributed by atoms with Gasteiger partial charge in [0.05, 0.1) is 12.6 Å². The van der Waals surface area contributed by atoms with Crippen LogP contribution in [0.3, 0.4) is 0 Å². The SMILES string of the molecule is Cc1cccc(OCCC(NN)c2cccnc2)c1. The van der Waals surface area contributed by atoms with Gasteiger partial charge in [-0.2, -0.15) is 0 Å². The normalized spacial score (nSPS) is 12.1. The average molecular weight is 257 g/mol. The second kappa shape index (κ2) is 6.87. The monoisotopic (exact) mass is 257 g/mol. The maximum atomic E-state index is 5.72. The van der Waals surface area contributed by atoms with Crippen LogP contribution < -0.4 is 16.0 Å². The Morgan fingerprint density at radius 1 is 1.32 bits per heavy atom. The molecule has 0 amide bonds. The third-order valence-corrected chi connectivity index (χ3v) is 2.95. The van der Waals surface area contributed by atoms with Crippen LogP contribution in [0.25, 0.3) is 0 Å². The summed E-state index contributed by atoms with van der Waals surface area (Å²) in [7, 11) is 0. The molecular weight excluding hydrogens is 238 g/mol. The molecule has 4 nitrogen and oxygen atoms in total. The van der Waals surface area contributed by atoms with E-state index in [1.807, 2.05) is 49.5 Å². The molecule has 4 heteroatoms. The lowest BCUT2D eigenvalue weighted by molar-refractivity contribution is 0.287. The van der Waals surface area contributed by atoms with E-state index in [0.717, 1.165) is 17.7 Å². The van der Waals surface area contributed by atoms with Gasteiger partial charge in [-0.1, -0.05) is 18.2 Å². The molecule has 0 saturated carbocycles. The van der Waals surface area contributed by atoms with Crippen molar-refractivity contribution in [2.75, 3.05) is 6.61 Å². The molecule has 1 unspecified atom stereocenters. The number of nitrogens with zero attached hydrogens (tertiary/aromatic N) is 1. The van der Waals surface area contributed by atoms with E-state index in [1.165, 1.54) is 5.56 Å². The Morgan fingerprint density at radius 3 is 2.89 bits per heavy atom. The van der Waals surface area contributed by atoms with Gasteiger partial charge in [0, 0.05) is 18.8 Å². The minimum Gasteiger partial charge on any atom is -0.494 e. The molecule has 1 heterocycles. The number of hydrogen-bond acceptors (Lipinski definition) is 4. The Labute approximate surface area is 113 Å². The molecule has 0 fully saturated rings. The number of hydrogen-bond donors (Lipinski definition) is 2. The predicted molar refractivity (Wildman–Crippen MR) is 75.6 cm³/mol. The van der Waals surface area contributed by atoms with Crippen LogP contribution in [0.2, 0.25) is 0 Å². The van der Waals surface area contributed by atoms with Crippen molar-refractivity contribution in [3.05, 3.63) is 59.9 Å². The third kappa shape index (κ3) is 4.05. The molecule has 0 saturated heterocycles. The zero-order chi connectivity index (χ0) is 13.5. The van der Waals surface area contributed by atoms with E-state index in [0.29, 0.717) is 6.61 Å². The van der Waals surface area contributed by atoms with Gasteiger partial charge in [-0.05, 0) is 36.2 Å². The first-order valence-electron chi connectivity index (χ1n) is 6.35. The molecule has 3 N–H and O–H groups in total. The molecule has 100 valence electrons. The molecule has 1 atom stereocenters. The standard InChI is InChI=1S/C15H19N3O/c1-12-4-2-6-14(10-12)19-9-7-15(18-16)13-5-3-8-17-11-13/h2-6,8,10-11,15,18H,7,9,16H2,1H3. The number of nitrogens with two attached hydrogens (primary N) is 1. The smallest absolute Gasteiger partial charge is 0.119 e. The molecule has 0 aliphatic carbocycles.